The summed E-state index contributed by atoms with van der Waals surface area (Å²) in [6.07, 6.45) is -0.528. The SMILES string of the molecule is COCCOc1cc([N+](=O)[O-])c2[nH]c(C(=O)NCC(SCc3ccccc3)C(OC)OC)cc2c1. The van der Waals surface area contributed by atoms with Crippen LogP contribution in [0.5, 0.6) is 5.75 Å². The summed E-state index contributed by atoms with van der Waals surface area (Å²) in [4.78, 5) is 26.9. The first-order valence-electron chi connectivity index (χ1n) is 10.9. The van der Waals surface area contributed by atoms with Gasteiger partial charge in [-0.2, -0.15) is 0 Å². The van der Waals surface area contributed by atoms with Crippen LogP contribution in [0.2, 0.25) is 0 Å². The summed E-state index contributed by atoms with van der Waals surface area (Å²) in [5.41, 5.74) is 1.42. The number of benzene rings is 2. The highest BCUT2D eigenvalue weighted by Crippen LogP contribution is 2.31. The van der Waals surface area contributed by atoms with E-state index in [2.05, 4.69) is 10.3 Å². The van der Waals surface area contributed by atoms with Crippen LogP contribution in [-0.4, -0.2) is 68.4 Å². The van der Waals surface area contributed by atoms with E-state index in [0.717, 1.165) is 11.3 Å². The van der Waals surface area contributed by atoms with Crippen LogP contribution in [0.3, 0.4) is 0 Å². The maximum atomic E-state index is 12.9. The number of fused-ring (bicyclic) bond motifs is 1. The van der Waals surface area contributed by atoms with Crippen molar-refractivity contribution in [3.05, 3.63) is 69.9 Å². The number of H-pyrrole nitrogens is 1. The summed E-state index contributed by atoms with van der Waals surface area (Å²) in [7, 11) is 4.64. The van der Waals surface area contributed by atoms with E-state index in [0.29, 0.717) is 17.7 Å². The van der Waals surface area contributed by atoms with Gasteiger partial charge in [0.1, 0.15) is 23.6 Å². The van der Waals surface area contributed by atoms with Crippen LogP contribution in [0.4, 0.5) is 5.69 Å². The third kappa shape index (κ3) is 7.18. The van der Waals surface area contributed by atoms with Crippen LogP contribution >= 0.6 is 11.8 Å². The van der Waals surface area contributed by atoms with Crippen molar-refractivity contribution in [3.8, 4) is 5.75 Å². The second-order valence-corrected chi connectivity index (χ2v) is 8.80. The normalized spacial score (nSPS) is 12.1. The van der Waals surface area contributed by atoms with Crippen LogP contribution in [0.1, 0.15) is 16.1 Å². The molecule has 0 spiro atoms. The average molecular weight is 504 g/mol. The minimum Gasteiger partial charge on any atom is -0.491 e. The van der Waals surface area contributed by atoms with Gasteiger partial charge < -0.3 is 29.2 Å². The Morgan fingerprint density at radius 2 is 1.86 bits per heavy atom. The number of nitro benzene ring substituents is 1. The van der Waals surface area contributed by atoms with Crippen LogP contribution < -0.4 is 10.1 Å². The van der Waals surface area contributed by atoms with Crippen molar-refractivity contribution in [2.75, 3.05) is 41.1 Å². The van der Waals surface area contributed by atoms with Crippen LogP contribution in [0, 0.1) is 10.1 Å². The van der Waals surface area contributed by atoms with Gasteiger partial charge in [-0.3, -0.25) is 14.9 Å². The predicted octanol–water partition coefficient (Wildman–Crippen LogP) is 3.75. The molecule has 0 bridgehead atoms. The van der Waals surface area contributed by atoms with Crippen molar-refractivity contribution in [2.24, 2.45) is 0 Å². The van der Waals surface area contributed by atoms with Crippen LogP contribution in [0.15, 0.2) is 48.5 Å². The number of aromatic amines is 1. The van der Waals surface area contributed by atoms with Gasteiger partial charge in [0.25, 0.3) is 11.6 Å². The van der Waals surface area contributed by atoms with E-state index in [9.17, 15) is 14.9 Å². The Labute approximate surface area is 207 Å². The number of thioether (sulfide) groups is 1. The maximum Gasteiger partial charge on any atom is 0.296 e. The molecule has 0 saturated heterocycles. The van der Waals surface area contributed by atoms with Gasteiger partial charge in [0, 0.05) is 39.0 Å². The monoisotopic (exact) mass is 503 g/mol. The summed E-state index contributed by atoms with van der Waals surface area (Å²) in [6, 6.07) is 14.5. The molecule has 1 aromatic heterocycles. The molecule has 0 aliphatic rings. The van der Waals surface area contributed by atoms with Gasteiger partial charge in [0.05, 0.1) is 22.8 Å². The van der Waals surface area contributed by atoms with Gasteiger partial charge in [-0.1, -0.05) is 30.3 Å². The number of rotatable bonds is 14. The number of non-ortho nitro benzene ring substituents is 1. The molecule has 1 heterocycles. The molecule has 3 rings (SSSR count). The standard InChI is InChI=1S/C24H29N3O7S/c1-31-9-10-34-18-11-17-12-19(26-22(17)20(13-18)27(29)30)23(28)25-14-21(24(32-2)33-3)35-15-16-7-5-4-6-8-16/h4-8,11-13,21,24,26H,9-10,14-15H2,1-3H3,(H,25,28). The van der Waals surface area contributed by atoms with E-state index in [-0.39, 0.29) is 35.3 Å². The van der Waals surface area contributed by atoms with Crippen molar-refractivity contribution >= 4 is 34.3 Å². The molecule has 188 valence electrons. The molecule has 0 aliphatic carbocycles. The zero-order chi connectivity index (χ0) is 25.2. The number of ether oxygens (including phenoxy) is 4. The lowest BCUT2D eigenvalue weighted by atomic mass is 10.2. The first-order valence-corrected chi connectivity index (χ1v) is 11.9. The molecular weight excluding hydrogens is 474 g/mol. The zero-order valence-electron chi connectivity index (χ0n) is 19.8. The molecular formula is C24H29N3O7S. The molecule has 1 amide bonds. The Kier molecular flexibility index (Phi) is 9.91. The average Bonchev–Trinajstić information content (AvgIpc) is 3.30. The Balaban J connectivity index is 1.73. The number of nitrogens with one attached hydrogen (secondary N) is 2. The number of carbonyl (C=O) groups is 1. The van der Waals surface area contributed by atoms with Crippen molar-refractivity contribution in [2.45, 2.75) is 17.3 Å². The predicted molar refractivity (Wildman–Crippen MR) is 134 cm³/mol. The summed E-state index contributed by atoms with van der Waals surface area (Å²) in [5.74, 6) is 0.649. The maximum absolute atomic E-state index is 12.9. The molecule has 3 aromatic rings. The number of methoxy groups -OCH3 is 3. The quantitative estimate of drug-likeness (QED) is 0.147. The summed E-state index contributed by atoms with van der Waals surface area (Å²) in [6.45, 7) is 0.866. The number of nitrogens with zero attached hydrogens (tertiary/aromatic N) is 1. The summed E-state index contributed by atoms with van der Waals surface area (Å²) in [5, 5.41) is 14.8. The largest absolute Gasteiger partial charge is 0.491 e. The molecule has 10 nitrogen and oxygen atoms in total. The van der Waals surface area contributed by atoms with Crippen molar-refractivity contribution < 1.29 is 28.7 Å². The third-order valence-corrected chi connectivity index (χ3v) is 6.53. The Morgan fingerprint density at radius 3 is 2.51 bits per heavy atom. The fraction of sp³-hybridized carbons (Fsp3) is 0.375. The Morgan fingerprint density at radius 1 is 1.11 bits per heavy atom. The van der Waals surface area contributed by atoms with Gasteiger partial charge in [-0.15, -0.1) is 11.8 Å². The molecule has 0 saturated carbocycles. The van der Waals surface area contributed by atoms with Crippen molar-refractivity contribution in [3.63, 3.8) is 0 Å². The van der Waals surface area contributed by atoms with E-state index in [1.54, 1.807) is 38.1 Å². The van der Waals surface area contributed by atoms with Gasteiger partial charge >= 0.3 is 0 Å². The number of amides is 1. The highest BCUT2D eigenvalue weighted by atomic mass is 32.2. The highest BCUT2D eigenvalue weighted by Gasteiger charge is 2.24. The minimum absolute atomic E-state index is 0.177. The van der Waals surface area contributed by atoms with E-state index < -0.39 is 17.1 Å². The van der Waals surface area contributed by atoms with Crippen molar-refractivity contribution in [1.82, 2.24) is 10.3 Å². The number of aromatic nitrogens is 1. The van der Waals surface area contributed by atoms with Gasteiger partial charge in [-0.05, 0) is 17.7 Å². The summed E-state index contributed by atoms with van der Waals surface area (Å²) >= 11 is 1.60. The van der Waals surface area contributed by atoms with Crippen LogP contribution in [0.25, 0.3) is 10.9 Å². The van der Waals surface area contributed by atoms with Gasteiger partial charge in [-0.25, -0.2) is 0 Å². The smallest absolute Gasteiger partial charge is 0.296 e. The topological polar surface area (TPSA) is 125 Å². The van der Waals surface area contributed by atoms with Gasteiger partial charge in [0.15, 0.2) is 6.29 Å². The lowest BCUT2D eigenvalue weighted by molar-refractivity contribution is -0.383. The molecule has 1 unspecified atom stereocenters. The van der Waals surface area contributed by atoms with Crippen LogP contribution in [-0.2, 0) is 20.0 Å². The lowest BCUT2D eigenvalue weighted by Gasteiger charge is -2.24. The first kappa shape index (κ1) is 26.5. The van der Waals surface area contributed by atoms with Gasteiger partial charge in [0.2, 0.25) is 0 Å². The Hall–Kier alpha value is -3.12. The number of nitro groups is 1. The molecule has 0 aliphatic heterocycles. The van der Waals surface area contributed by atoms with E-state index in [1.165, 1.54) is 13.2 Å². The minimum atomic E-state index is -0.528. The molecule has 11 heteroatoms. The second kappa shape index (κ2) is 13.1. The molecule has 1 atom stereocenters. The van der Waals surface area contributed by atoms with Crippen molar-refractivity contribution in [1.29, 1.82) is 0 Å². The lowest BCUT2D eigenvalue weighted by Crippen LogP contribution is -2.39. The van der Waals surface area contributed by atoms with E-state index >= 15 is 0 Å². The molecule has 2 aromatic carbocycles. The fourth-order valence-electron chi connectivity index (χ4n) is 3.49. The number of carbonyl (C=O) groups excluding carboxylic acids is 1. The second-order valence-electron chi connectivity index (χ2n) is 7.57. The summed E-state index contributed by atoms with van der Waals surface area (Å²) < 4.78 is 21.3. The number of hydrogen-bond donors (Lipinski definition) is 2. The molecule has 2 N–H and O–H groups in total. The molecule has 35 heavy (non-hydrogen) atoms. The first-order chi connectivity index (χ1) is 17.0. The number of hydrogen-bond acceptors (Lipinski definition) is 8. The third-order valence-electron chi connectivity index (χ3n) is 5.22. The fourth-order valence-corrected chi connectivity index (χ4v) is 4.67. The Bertz CT molecular complexity index is 1120. The van der Waals surface area contributed by atoms with E-state index in [1.807, 2.05) is 30.3 Å². The molecule has 0 fully saturated rings. The highest BCUT2D eigenvalue weighted by molar-refractivity contribution is 7.99. The zero-order valence-corrected chi connectivity index (χ0v) is 20.6. The van der Waals surface area contributed by atoms with E-state index in [4.69, 9.17) is 18.9 Å². The molecule has 0 radical (unpaired) electrons.